The van der Waals surface area contributed by atoms with E-state index in [4.69, 9.17) is 0 Å². The van der Waals surface area contributed by atoms with E-state index in [9.17, 15) is 4.79 Å². The second-order valence-electron chi connectivity index (χ2n) is 5.49. The largest absolute Gasteiger partial charge is 0.357 e. The molecule has 1 aromatic heterocycles. The van der Waals surface area contributed by atoms with Crippen LogP contribution >= 0.6 is 24.8 Å². The van der Waals surface area contributed by atoms with E-state index in [1.165, 1.54) is 12.8 Å². The molecule has 1 N–H and O–H groups in total. The van der Waals surface area contributed by atoms with E-state index < -0.39 is 0 Å². The van der Waals surface area contributed by atoms with E-state index >= 15 is 0 Å². The van der Waals surface area contributed by atoms with Gasteiger partial charge in [-0.15, -0.1) is 24.8 Å². The minimum Gasteiger partial charge on any atom is -0.357 e. The van der Waals surface area contributed by atoms with Crippen molar-refractivity contribution in [1.29, 1.82) is 0 Å². The SMILES string of the molecule is Cl.Cl.O=C(c1ccc(N2CCCC2)nc1)N1CCCNCC1. The number of nitrogens with one attached hydrogen (secondary N) is 1. The average Bonchev–Trinajstić information content (AvgIpc) is 2.89. The molecule has 124 valence electrons. The van der Waals surface area contributed by atoms with Crippen LogP contribution in [0.15, 0.2) is 18.3 Å². The molecule has 0 spiro atoms. The lowest BCUT2D eigenvalue weighted by Crippen LogP contribution is -2.34. The van der Waals surface area contributed by atoms with Crippen LogP contribution in [0.2, 0.25) is 0 Å². The first-order valence-corrected chi connectivity index (χ1v) is 7.55. The minimum atomic E-state index is 0. The van der Waals surface area contributed by atoms with Crippen molar-refractivity contribution < 1.29 is 4.79 Å². The molecule has 1 aromatic rings. The summed E-state index contributed by atoms with van der Waals surface area (Å²) in [6, 6.07) is 3.90. The molecular weight excluding hydrogens is 323 g/mol. The van der Waals surface area contributed by atoms with Crippen molar-refractivity contribution in [2.45, 2.75) is 19.3 Å². The maximum atomic E-state index is 12.4. The van der Waals surface area contributed by atoms with E-state index in [-0.39, 0.29) is 30.7 Å². The van der Waals surface area contributed by atoms with E-state index in [1.807, 2.05) is 17.0 Å². The quantitative estimate of drug-likeness (QED) is 0.889. The molecule has 3 heterocycles. The summed E-state index contributed by atoms with van der Waals surface area (Å²) in [6.45, 7) is 5.66. The first-order valence-electron chi connectivity index (χ1n) is 7.55. The van der Waals surface area contributed by atoms with Crippen LogP contribution in [0.5, 0.6) is 0 Å². The number of hydrogen-bond acceptors (Lipinski definition) is 4. The Labute approximate surface area is 144 Å². The van der Waals surface area contributed by atoms with Crippen molar-refractivity contribution in [2.75, 3.05) is 44.2 Å². The van der Waals surface area contributed by atoms with Crippen LogP contribution in [0.4, 0.5) is 5.82 Å². The standard InChI is InChI=1S/C15H22N4O.2ClH/c20-15(19-10-3-6-16-7-11-19)13-4-5-14(17-12-13)18-8-1-2-9-18;;/h4-5,12,16H,1-3,6-11H2;2*1H. The summed E-state index contributed by atoms with van der Waals surface area (Å²) >= 11 is 0. The van der Waals surface area contributed by atoms with Gasteiger partial charge in [0.2, 0.25) is 0 Å². The van der Waals surface area contributed by atoms with Gasteiger partial charge in [-0.3, -0.25) is 4.79 Å². The molecule has 2 fully saturated rings. The molecular formula is C15H24Cl2N4O. The van der Waals surface area contributed by atoms with Crippen LogP contribution in [0.1, 0.15) is 29.6 Å². The third-order valence-corrected chi connectivity index (χ3v) is 4.05. The summed E-state index contributed by atoms with van der Waals surface area (Å²) < 4.78 is 0. The molecule has 2 aliphatic heterocycles. The average molecular weight is 347 g/mol. The molecule has 22 heavy (non-hydrogen) atoms. The van der Waals surface area contributed by atoms with E-state index in [0.29, 0.717) is 5.56 Å². The second kappa shape index (κ2) is 9.18. The molecule has 1 amide bonds. The Hall–Kier alpha value is -1.04. The summed E-state index contributed by atoms with van der Waals surface area (Å²) in [7, 11) is 0. The number of aromatic nitrogens is 1. The number of nitrogens with zero attached hydrogens (tertiary/aromatic N) is 3. The van der Waals surface area contributed by atoms with Crippen LogP contribution in [-0.4, -0.2) is 55.1 Å². The van der Waals surface area contributed by atoms with E-state index in [2.05, 4.69) is 15.2 Å². The minimum absolute atomic E-state index is 0. The lowest BCUT2D eigenvalue weighted by Gasteiger charge is -2.20. The number of halogens is 2. The van der Waals surface area contributed by atoms with Gasteiger partial charge in [0.1, 0.15) is 5.82 Å². The Morgan fingerprint density at radius 2 is 1.77 bits per heavy atom. The van der Waals surface area contributed by atoms with Gasteiger partial charge in [0, 0.05) is 38.9 Å². The van der Waals surface area contributed by atoms with Gasteiger partial charge >= 0.3 is 0 Å². The molecule has 3 rings (SSSR count). The molecule has 2 saturated heterocycles. The van der Waals surface area contributed by atoms with Crippen molar-refractivity contribution in [3.05, 3.63) is 23.9 Å². The van der Waals surface area contributed by atoms with Crippen molar-refractivity contribution in [3.8, 4) is 0 Å². The highest BCUT2D eigenvalue weighted by molar-refractivity contribution is 5.94. The maximum absolute atomic E-state index is 12.4. The van der Waals surface area contributed by atoms with Gasteiger partial charge in [-0.2, -0.15) is 0 Å². The van der Waals surface area contributed by atoms with Gasteiger partial charge < -0.3 is 15.1 Å². The number of carbonyl (C=O) groups is 1. The molecule has 0 radical (unpaired) electrons. The number of rotatable bonds is 2. The Morgan fingerprint density at radius 3 is 2.45 bits per heavy atom. The van der Waals surface area contributed by atoms with E-state index in [0.717, 1.165) is 51.5 Å². The smallest absolute Gasteiger partial charge is 0.255 e. The zero-order valence-corrected chi connectivity index (χ0v) is 14.3. The second-order valence-corrected chi connectivity index (χ2v) is 5.49. The highest BCUT2D eigenvalue weighted by Crippen LogP contribution is 2.18. The van der Waals surface area contributed by atoms with Crippen molar-refractivity contribution in [2.24, 2.45) is 0 Å². The van der Waals surface area contributed by atoms with Crippen LogP contribution in [0.3, 0.4) is 0 Å². The topological polar surface area (TPSA) is 48.5 Å². The first kappa shape index (κ1) is 19.0. The van der Waals surface area contributed by atoms with Gasteiger partial charge in [0.05, 0.1) is 5.56 Å². The number of carbonyl (C=O) groups excluding carboxylic acids is 1. The number of pyridine rings is 1. The Morgan fingerprint density at radius 1 is 1.00 bits per heavy atom. The third-order valence-electron chi connectivity index (χ3n) is 4.05. The Kier molecular flexibility index (Phi) is 7.93. The van der Waals surface area contributed by atoms with Gasteiger partial charge in [-0.1, -0.05) is 0 Å². The van der Waals surface area contributed by atoms with Crippen LogP contribution in [0.25, 0.3) is 0 Å². The van der Waals surface area contributed by atoms with Gasteiger partial charge in [0.25, 0.3) is 5.91 Å². The third kappa shape index (κ3) is 4.48. The molecule has 7 heteroatoms. The maximum Gasteiger partial charge on any atom is 0.255 e. The predicted octanol–water partition coefficient (Wildman–Crippen LogP) is 1.96. The number of anilines is 1. The molecule has 0 bridgehead atoms. The van der Waals surface area contributed by atoms with Crippen molar-refractivity contribution in [3.63, 3.8) is 0 Å². The normalized spacial score (nSPS) is 18.2. The zero-order valence-electron chi connectivity index (χ0n) is 12.7. The Bertz CT molecular complexity index is 455. The fourth-order valence-electron chi connectivity index (χ4n) is 2.88. The lowest BCUT2D eigenvalue weighted by molar-refractivity contribution is 0.0766. The zero-order chi connectivity index (χ0) is 13.8. The molecule has 5 nitrogen and oxygen atoms in total. The molecule has 0 saturated carbocycles. The molecule has 0 unspecified atom stereocenters. The fraction of sp³-hybridized carbons (Fsp3) is 0.600. The van der Waals surface area contributed by atoms with Gasteiger partial charge in [0.15, 0.2) is 0 Å². The Balaban J connectivity index is 0.00000121. The van der Waals surface area contributed by atoms with Crippen molar-refractivity contribution in [1.82, 2.24) is 15.2 Å². The molecule has 0 aromatic carbocycles. The summed E-state index contributed by atoms with van der Waals surface area (Å²) in [5.74, 6) is 1.10. The summed E-state index contributed by atoms with van der Waals surface area (Å²) in [4.78, 5) is 21.1. The predicted molar refractivity (Wildman–Crippen MR) is 93.6 cm³/mol. The molecule has 0 aliphatic carbocycles. The van der Waals surface area contributed by atoms with Gasteiger partial charge in [-0.05, 0) is 37.9 Å². The highest BCUT2D eigenvalue weighted by Gasteiger charge is 2.18. The number of hydrogen-bond donors (Lipinski definition) is 1. The fourth-order valence-corrected chi connectivity index (χ4v) is 2.88. The number of amides is 1. The lowest BCUT2D eigenvalue weighted by atomic mass is 10.2. The van der Waals surface area contributed by atoms with Crippen molar-refractivity contribution >= 4 is 36.5 Å². The van der Waals surface area contributed by atoms with Crippen LogP contribution in [-0.2, 0) is 0 Å². The van der Waals surface area contributed by atoms with Crippen LogP contribution in [0, 0.1) is 0 Å². The van der Waals surface area contributed by atoms with Gasteiger partial charge in [-0.25, -0.2) is 4.98 Å². The molecule has 2 aliphatic rings. The summed E-state index contributed by atoms with van der Waals surface area (Å²) in [5, 5.41) is 3.31. The highest BCUT2D eigenvalue weighted by atomic mass is 35.5. The first-order chi connectivity index (χ1) is 9.84. The summed E-state index contributed by atoms with van der Waals surface area (Å²) in [6.07, 6.45) is 5.23. The molecule has 0 atom stereocenters. The van der Waals surface area contributed by atoms with Crippen LogP contribution < -0.4 is 10.2 Å². The van der Waals surface area contributed by atoms with E-state index in [1.54, 1.807) is 6.20 Å². The monoisotopic (exact) mass is 346 g/mol. The summed E-state index contributed by atoms with van der Waals surface area (Å²) in [5.41, 5.74) is 0.704.